The number of ether oxygens (including phenoxy) is 1. The van der Waals surface area contributed by atoms with Gasteiger partial charge in [0.2, 0.25) is 0 Å². The van der Waals surface area contributed by atoms with Crippen LogP contribution in [-0.4, -0.2) is 43.7 Å². The monoisotopic (exact) mass is 235 g/mol. The van der Waals surface area contributed by atoms with Gasteiger partial charge in [-0.1, -0.05) is 0 Å². The van der Waals surface area contributed by atoms with Crippen molar-refractivity contribution in [2.24, 2.45) is 0 Å². The average Bonchev–Trinajstić information content (AvgIpc) is 2.38. The Hall–Kier alpha value is -1.62. The molecular weight excluding hydrogens is 218 g/mol. The molecule has 0 saturated carbocycles. The van der Waals surface area contributed by atoms with Gasteiger partial charge in [-0.05, 0) is 19.1 Å². The van der Waals surface area contributed by atoms with Gasteiger partial charge < -0.3 is 15.0 Å². The van der Waals surface area contributed by atoms with Gasteiger partial charge in [-0.3, -0.25) is 0 Å². The third kappa shape index (κ3) is 2.74. The van der Waals surface area contributed by atoms with E-state index in [0.717, 1.165) is 25.3 Å². The smallest absolute Gasteiger partial charge is 0.356 e. The van der Waals surface area contributed by atoms with Gasteiger partial charge in [0.05, 0.1) is 7.11 Å². The third-order valence-electron chi connectivity index (χ3n) is 2.87. The normalized spacial score (nSPS) is 20.1. The zero-order valence-electron chi connectivity index (χ0n) is 10.1. The summed E-state index contributed by atoms with van der Waals surface area (Å²) in [5.74, 6) is -0.393. The molecular formula is C12H17N3O2. The molecule has 2 heterocycles. The number of aromatic nitrogens is 1. The number of nitrogens with zero attached hydrogens (tertiary/aromatic N) is 2. The lowest BCUT2D eigenvalue weighted by Gasteiger charge is -2.33. The molecule has 0 spiro atoms. The second-order valence-corrected chi connectivity index (χ2v) is 4.19. The maximum absolute atomic E-state index is 11.4. The summed E-state index contributed by atoms with van der Waals surface area (Å²) >= 11 is 0. The fraction of sp³-hybridized carbons (Fsp3) is 0.500. The second-order valence-electron chi connectivity index (χ2n) is 4.19. The maximum atomic E-state index is 11.4. The Morgan fingerprint density at radius 1 is 1.65 bits per heavy atom. The van der Waals surface area contributed by atoms with Crippen LogP contribution in [0, 0.1) is 0 Å². The third-order valence-corrected chi connectivity index (χ3v) is 2.87. The highest BCUT2D eigenvalue weighted by Crippen LogP contribution is 2.16. The van der Waals surface area contributed by atoms with Gasteiger partial charge in [0.15, 0.2) is 0 Å². The fourth-order valence-electron chi connectivity index (χ4n) is 2.00. The summed E-state index contributed by atoms with van der Waals surface area (Å²) in [6.45, 7) is 4.98. The summed E-state index contributed by atoms with van der Waals surface area (Å²) in [6.07, 6.45) is 1.65. The summed E-state index contributed by atoms with van der Waals surface area (Å²) < 4.78 is 4.67. The van der Waals surface area contributed by atoms with Crippen LogP contribution in [0.3, 0.4) is 0 Å². The predicted octanol–water partition coefficient (Wildman–Crippen LogP) is 0.666. The molecule has 1 N–H and O–H groups in total. The van der Waals surface area contributed by atoms with Crippen molar-refractivity contribution in [2.75, 3.05) is 31.6 Å². The molecule has 5 nitrogen and oxygen atoms in total. The van der Waals surface area contributed by atoms with Crippen LogP contribution < -0.4 is 10.2 Å². The van der Waals surface area contributed by atoms with Crippen molar-refractivity contribution in [3.05, 3.63) is 24.0 Å². The first kappa shape index (κ1) is 11.9. The van der Waals surface area contributed by atoms with Crippen LogP contribution in [0.2, 0.25) is 0 Å². The minimum atomic E-state index is -0.393. The van der Waals surface area contributed by atoms with Crippen molar-refractivity contribution in [3.8, 4) is 0 Å². The molecule has 1 aromatic heterocycles. The van der Waals surface area contributed by atoms with Gasteiger partial charge in [-0.15, -0.1) is 0 Å². The van der Waals surface area contributed by atoms with Crippen LogP contribution in [0.25, 0.3) is 0 Å². The largest absolute Gasteiger partial charge is 0.464 e. The fourth-order valence-corrected chi connectivity index (χ4v) is 2.00. The van der Waals surface area contributed by atoms with E-state index in [-0.39, 0.29) is 0 Å². The van der Waals surface area contributed by atoms with E-state index >= 15 is 0 Å². The molecule has 0 aliphatic carbocycles. The van der Waals surface area contributed by atoms with Crippen LogP contribution in [0.4, 0.5) is 5.69 Å². The SMILES string of the molecule is COC(=O)c1cc(N2CCNC(C)C2)ccn1. The van der Waals surface area contributed by atoms with Gasteiger partial charge in [0.25, 0.3) is 0 Å². The first-order valence-corrected chi connectivity index (χ1v) is 5.73. The first-order valence-electron chi connectivity index (χ1n) is 5.73. The highest BCUT2D eigenvalue weighted by atomic mass is 16.5. The highest BCUT2D eigenvalue weighted by Gasteiger charge is 2.17. The van der Waals surface area contributed by atoms with Gasteiger partial charge in [-0.2, -0.15) is 0 Å². The summed E-state index contributed by atoms with van der Waals surface area (Å²) in [5.41, 5.74) is 1.38. The van der Waals surface area contributed by atoms with Crippen LogP contribution in [-0.2, 0) is 4.74 Å². The number of hydrogen-bond acceptors (Lipinski definition) is 5. The Morgan fingerprint density at radius 3 is 3.18 bits per heavy atom. The van der Waals surface area contributed by atoms with E-state index in [1.165, 1.54) is 7.11 Å². The number of esters is 1. The number of carbonyl (C=O) groups excluding carboxylic acids is 1. The lowest BCUT2D eigenvalue weighted by Crippen LogP contribution is -2.49. The number of rotatable bonds is 2. The molecule has 2 rings (SSSR count). The van der Waals surface area contributed by atoms with Crippen molar-refractivity contribution < 1.29 is 9.53 Å². The van der Waals surface area contributed by atoms with Crippen LogP contribution in [0.1, 0.15) is 17.4 Å². The molecule has 0 aromatic carbocycles. The summed E-state index contributed by atoms with van der Waals surface area (Å²) in [7, 11) is 1.36. The minimum absolute atomic E-state index is 0.358. The molecule has 0 amide bonds. The van der Waals surface area contributed by atoms with Crippen LogP contribution >= 0.6 is 0 Å². The Kier molecular flexibility index (Phi) is 3.58. The predicted molar refractivity (Wildman–Crippen MR) is 65.3 cm³/mol. The Balaban J connectivity index is 2.17. The molecule has 5 heteroatoms. The van der Waals surface area contributed by atoms with Gasteiger partial charge in [0.1, 0.15) is 5.69 Å². The zero-order valence-corrected chi connectivity index (χ0v) is 10.1. The number of hydrogen-bond donors (Lipinski definition) is 1. The first-order chi connectivity index (χ1) is 8.20. The standard InChI is InChI=1S/C12H17N3O2/c1-9-8-15(6-5-13-9)10-3-4-14-11(7-10)12(16)17-2/h3-4,7,9,13H,5-6,8H2,1-2H3. The van der Waals surface area contributed by atoms with E-state index in [4.69, 9.17) is 0 Å². The molecule has 0 bridgehead atoms. The lowest BCUT2D eigenvalue weighted by atomic mass is 10.2. The van der Waals surface area contributed by atoms with Crippen molar-refractivity contribution in [1.29, 1.82) is 0 Å². The molecule has 1 saturated heterocycles. The molecule has 1 fully saturated rings. The minimum Gasteiger partial charge on any atom is -0.464 e. The van der Waals surface area contributed by atoms with Gasteiger partial charge in [0, 0.05) is 37.6 Å². The molecule has 17 heavy (non-hydrogen) atoms. The van der Waals surface area contributed by atoms with Gasteiger partial charge >= 0.3 is 5.97 Å². The Bertz CT molecular complexity index is 408. The molecule has 1 aliphatic heterocycles. The van der Waals surface area contributed by atoms with Crippen molar-refractivity contribution in [1.82, 2.24) is 10.3 Å². The van der Waals surface area contributed by atoms with Crippen molar-refractivity contribution >= 4 is 11.7 Å². The van der Waals surface area contributed by atoms with E-state index in [1.807, 2.05) is 6.07 Å². The number of pyridine rings is 1. The molecule has 92 valence electrons. The second kappa shape index (κ2) is 5.14. The number of nitrogens with one attached hydrogen (secondary N) is 1. The van der Waals surface area contributed by atoms with E-state index in [1.54, 1.807) is 12.3 Å². The Morgan fingerprint density at radius 2 is 2.47 bits per heavy atom. The summed E-state index contributed by atoms with van der Waals surface area (Å²) in [6, 6.07) is 4.16. The quantitative estimate of drug-likeness (QED) is 0.763. The van der Waals surface area contributed by atoms with Crippen LogP contribution in [0.5, 0.6) is 0 Å². The van der Waals surface area contributed by atoms with Gasteiger partial charge in [-0.25, -0.2) is 9.78 Å². The van der Waals surface area contributed by atoms with E-state index < -0.39 is 5.97 Å². The zero-order chi connectivity index (χ0) is 12.3. The van der Waals surface area contributed by atoms with Crippen molar-refractivity contribution in [3.63, 3.8) is 0 Å². The molecule has 1 unspecified atom stereocenters. The maximum Gasteiger partial charge on any atom is 0.356 e. The summed E-state index contributed by atoms with van der Waals surface area (Å²) in [4.78, 5) is 17.6. The van der Waals surface area contributed by atoms with E-state index in [9.17, 15) is 4.79 Å². The molecule has 1 aliphatic rings. The Labute approximate surface area is 101 Å². The molecule has 1 atom stereocenters. The number of anilines is 1. The van der Waals surface area contributed by atoms with E-state index in [2.05, 4.69) is 26.9 Å². The molecule has 1 aromatic rings. The topological polar surface area (TPSA) is 54.5 Å². The number of methoxy groups -OCH3 is 1. The van der Waals surface area contributed by atoms with Crippen LogP contribution in [0.15, 0.2) is 18.3 Å². The van der Waals surface area contributed by atoms with E-state index in [0.29, 0.717) is 11.7 Å². The highest BCUT2D eigenvalue weighted by molar-refractivity contribution is 5.88. The average molecular weight is 235 g/mol. The number of carbonyl (C=O) groups is 1. The van der Waals surface area contributed by atoms with Crippen molar-refractivity contribution in [2.45, 2.75) is 13.0 Å². The number of piperazine rings is 1. The lowest BCUT2D eigenvalue weighted by molar-refractivity contribution is 0.0594. The summed E-state index contributed by atoms with van der Waals surface area (Å²) in [5, 5.41) is 3.38. The molecule has 0 radical (unpaired) electrons.